The summed E-state index contributed by atoms with van der Waals surface area (Å²) in [6.45, 7) is 5.20. The number of nitrogens with zero attached hydrogens (tertiary/aromatic N) is 2. The topological polar surface area (TPSA) is 93.5 Å². The molecule has 2 N–H and O–H groups in total. The number of aryl methyl sites for hydroxylation is 1. The van der Waals surface area contributed by atoms with E-state index >= 15 is 0 Å². The maximum atomic E-state index is 11.9. The second-order valence-electron chi connectivity index (χ2n) is 4.61. The summed E-state index contributed by atoms with van der Waals surface area (Å²) >= 11 is 0. The summed E-state index contributed by atoms with van der Waals surface area (Å²) in [7, 11) is 0. The maximum absolute atomic E-state index is 11.9. The van der Waals surface area contributed by atoms with Gasteiger partial charge in [-0.3, -0.25) is 14.3 Å². The first-order valence-electron chi connectivity index (χ1n) is 6.64. The molecule has 1 aromatic heterocycles. The number of hydrogen-bond donors (Lipinski definition) is 2. The average Bonchev–Trinajstić information content (AvgIpc) is 2.83. The minimum absolute atomic E-state index is 0.0653. The zero-order valence-corrected chi connectivity index (χ0v) is 11.8. The SMILES string of the molecule is CC(C)OCCCNC(=O)c1ccnn1CCC(=O)O. The van der Waals surface area contributed by atoms with E-state index in [1.54, 1.807) is 6.07 Å². The van der Waals surface area contributed by atoms with Crippen molar-refractivity contribution in [1.82, 2.24) is 15.1 Å². The van der Waals surface area contributed by atoms with Crippen molar-refractivity contribution < 1.29 is 19.4 Å². The Kier molecular flexibility index (Phi) is 6.72. The van der Waals surface area contributed by atoms with Crippen molar-refractivity contribution in [2.24, 2.45) is 0 Å². The molecular formula is C13H21N3O4. The highest BCUT2D eigenvalue weighted by molar-refractivity contribution is 5.92. The van der Waals surface area contributed by atoms with Crippen LogP contribution in [0, 0.1) is 0 Å². The first-order valence-corrected chi connectivity index (χ1v) is 6.64. The number of carbonyl (C=O) groups excluding carboxylic acids is 1. The van der Waals surface area contributed by atoms with Crippen LogP contribution in [0.25, 0.3) is 0 Å². The van der Waals surface area contributed by atoms with Gasteiger partial charge in [-0.1, -0.05) is 0 Å². The molecule has 0 spiro atoms. The normalized spacial score (nSPS) is 10.8. The predicted molar refractivity (Wildman–Crippen MR) is 72.5 cm³/mol. The largest absolute Gasteiger partial charge is 0.481 e. The Hall–Kier alpha value is -1.89. The highest BCUT2D eigenvalue weighted by atomic mass is 16.5. The van der Waals surface area contributed by atoms with Gasteiger partial charge in [0.25, 0.3) is 5.91 Å². The molecular weight excluding hydrogens is 262 g/mol. The fourth-order valence-electron chi connectivity index (χ4n) is 1.59. The van der Waals surface area contributed by atoms with Crippen molar-refractivity contribution in [3.63, 3.8) is 0 Å². The highest BCUT2D eigenvalue weighted by Crippen LogP contribution is 2.01. The van der Waals surface area contributed by atoms with Crippen molar-refractivity contribution in [3.05, 3.63) is 18.0 Å². The zero-order chi connectivity index (χ0) is 15.0. The molecule has 1 amide bonds. The van der Waals surface area contributed by atoms with Gasteiger partial charge < -0.3 is 15.2 Å². The van der Waals surface area contributed by atoms with Gasteiger partial charge in [-0.05, 0) is 26.3 Å². The molecule has 0 aliphatic heterocycles. The van der Waals surface area contributed by atoms with Gasteiger partial charge in [-0.25, -0.2) is 0 Å². The quantitative estimate of drug-likeness (QED) is 0.657. The molecule has 0 bridgehead atoms. The Morgan fingerprint density at radius 1 is 1.50 bits per heavy atom. The van der Waals surface area contributed by atoms with Crippen LogP contribution in [0.4, 0.5) is 0 Å². The standard InChI is InChI=1S/C13H21N3O4/c1-10(2)20-9-3-6-14-13(19)11-4-7-15-16(11)8-5-12(17)18/h4,7,10H,3,5-6,8-9H2,1-2H3,(H,14,19)(H,17,18). The molecule has 0 aromatic carbocycles. The van der Waals surface area contributed by atoms with Crippen LogP contribution in [0.15, 0.2) is 12.3 Å². The Bertz CT molecular complexity index is 443. The van der Waals surface area contributed by atoms with E-state index in [2.05, 4.69) is 10.4 Å². The summed E-state index contributed by atoms with van der Waals surface area (Å²) < 4.78 is 6.77. The van der Waals surface area contributed by atoms with Gasteiger partial charge in [-0.15, -0.1) is 0 Å². The summed E-state index contributed by atoms with van der Waals surface area (Å²) in [5, 5.41) is 15.3. The zero-order valence-electron chi connectivity index (χ0n) is 11.8. The minimum Gasteiger partial charge on any atom is -0.481 e. The first kappa shape index (κ1) is 16.2. The monoisotopic (exact) mass is 283 g/mol. The van der Waals surface area contributed by atoms with Crippen LogP contribution in [-0.4, -0.2) is 46.0 Å². The summed E-state index contributed by atoms with van der Waals surface area (Å²) in [6.07, 6.45) is 2.33. The Labute approximate surface area is 117 Å². The number of aliphatic carboxylic acids is 1. The lowest BCUT2D eigenvalue weighted by molar-refractivity contribution is -0.137. The highest BCUT2D eigenvalue weighted by Gasteiger charge is 2.12. The van der Waals surface area contributed by atoms with Gasteiger partial charge in [0.1, 0.15) is 5.69 Å². The first-order chi connectivity index (χ1) is 9.50. The molecule has 7 nitrogen and oxygen atoms in total. The summed E-state index contributed by atoms with van der Waals surface area (Å²) in [4.78, 5) is 22.4. The van der Waals surface area contributed by atoms with Crippen LogP contribution < -0.4 is 5.32 Å². The van der Waals surface area contributed by atoms with Crippen LogP contribution >= 0.6 is 0 Å². The van der Waals surface area contributed by atoms with Crippen molar-refractivity contribution in [2.75, 3.05) is 13.2 Å². The van der Waals surface area contributed by atoms with Crippen molar-refractivity contribution >= 4 is 11.9 Å². The number of hydrogen-bond acceptors (Lipinski definition) is 4. The second kappa shape index (κ2) is 8.31. The second-order valence-corrected chi connectivity index (χ2v) is 4.61. The van der Waals surface area contributed by atoms with E-state index in [0.717, 1.165) is 6.42 Å². The smallest absolute Gasteiger partial charge is 0.305 e. The molecule has 0 radical (unpaired) electrons. The summed E-state index contributed by atoms with van der Waals surface area (Å²) in [5.74, 6) is -1.17. The number of rotatable bonds is 9. The molecule has 1 aromatic rings. The number of carboxylic acid groups (broad SMARTS) is 1. The van der Waals surface area contributed by atoms with Crippen LogP contribution in [0.1, 0.15) is 37.2 Å². The molecule has 0 aliphatic rings. The molecule has 20 heavy (non-hydrogen) atoms. The van der Waals surface area contributed by atoms with Gasteiger partial charge >= 0.3 is 5.97 Å². The molecule has 0 unspecified atom stereocenters. The predicted octanol–water partition coefficient (Wildman–Crippen LogP) is 0.903. The van der Waals surface area contributed by atoms with E-state index in [9.17, 15) is 9.59 Å². The lowest BCUT2D eigenvalue weighted by Gasteiger charge is -2.09. The average molecular weight is 283 g/mol. The minimum atomic E-state index is -0.919. The van der Waals surface area contributed by atoms with Crippen molar-refractivity contribution in [2.45, 2.75) is 39.3 Å². The molecule has 0 aliphatic carbocycles. The van der Waals surface area contributed by atoms with E-state index in [1.807, 2.05) is 13.8 Å². The summed E-state index contributed by atoms with van der Waals surface area (Å²) in [6, 6.07) is 1.57. The molecule has 0 atom stereocenters. The lowest BCUT2D eigenvalue weighted by atomic mass is 10.3. The number of carbonyl (C=O) groups is 2. The van der Waals surface area contributed by atoms with E-state index in [-0.39, 0.29) is 25.0 Å². The molecule has 1 heterocycles. The third kappa shape index (κ3) is 5.83. The fourth-order valence-corrected chi connectivity index (χ4v) is 1.59. The van der Waals surface area contributed by atoms with E-state index < -0.39 is 5.97 Å². The number of nitrogens with one attached hydrogen (secondary N) is 1. The Morgan fingerprint density at radius 2 is 2.25 bits per heavy atom. The summed E-state index contributed by atoms with van der Waals surface area (Å²) in [5.41, 5.74) is 0.371. The van der Waals surface area contributed by atoms with Crippen LogP contribution in [0.5, 0.6) is 0 Å². The molecule has 1 rings (SSSR count). The number of aromatic nitrogens is 2. The van der Waals surface area contributed by atoms with Crippen molar-refractivity contribution in [3.8, 4) is 0 Å². The molecule has 112 valence electrons. The number of carboxylic acids is 1. The van der Waals surface area contributed by atoms with Gasteiger partial charge in [0, 0.05) is 19.3 Å². The Morgan fingerprint density at radius 3 is 2.90 bits per heavy atom. The lowest BCUT2D eigenvalue weighted by Crippen LogP contribution is -2.28. The number of amides is 1. The van der Waals surface area contributed by atoms with Crippen LogP contribution in [0.3, 0.4) is 0 Å². The Balaban J connectivity index is 2.36. The van der Waals surface area contributed by atoms with Crippen LogP contribution in [0.2, 0.25) is 0 Å². The van der Waals surface area contributed by atoms with E-state index in [1.165, 1.54) is 10.9 Å². The van der Waals surface area contributed by atoms with Gasteiger partial charge in [0.15, 0.2) is 0 Å². The third-order valence-electron chi connectivity index (χ3n) is 2.54. The van der Waals surface area contributed by atoms with Crippen LogP contribution in [-0.2, 0) is 16.1 Å². The fraction of sp³-hybridized carbons (Fsp3) is 0.615. The van der Waals surface area contributed by atoms with Gasteiger partial charge in [0.05, 0.1) is 19.1 Å². The van der Waals surface area contributed by atoms with E-state index in [4.69, 9.17) is 9.84 Å². The van der Waals surface area contributed by atoms with Gasteiger partial charge in [-0.2, -0.15) is 5.10 Å². The maximum Gasteiger partial charge on any atom is 0.305 e. The van der Waals surface area contributed by atoms with Gasteiger partial charge in [0.2, 0.25) is 0 Å². The third-order valence-corrected chi connectivity index (χ3v) is 2.54. The molecule has 0 fully saturated rings. The number of ether oxygens (including phenoxy) is 1. The van der Waals surface area contributed by atoms with E-state index in [0.29, 0.717) is 18.8 Å². The molecule has 7 heteroatoms. The molecule has 0 saturated carbocycles. The molecule has 0 saturated heterocycles. The van der Waals surface area contributed by atoms with Crippen molar-refractivity contribution in [1.29, 1.82) is 0 Å².